The molecule has 0 radical (unpaired) electrons. The summed E-state index contributed by atoms with van der Waals surface area (Å²) in [6.45, 7) is 9.84. The number of phenolic OH excluding ortho intramolecular Hbond substituents is 4. The highest BCUT2D eigenvalue weighted by Crippen LogP contribution is 2.33. The van der Waals surface area contributed by atoms with Gasteiger partial charge in [0, 0.05) is 35.8 Å². The summed E-state index contributed by atoms with van der Waals surface area (Å²) in [6, 6.07) is 13.4. The maximum atomic E-state index is 13.6. The molecule has 3 aromatic rings. The molecular formula is C29H37BrClN2O5S+. The molecule has 3 rings (SSSR count). The summed E-state index contributed by atoms with van der Waals surface area (Å²) >= 11 is 10.1. The first-order chi connectivity index (χ1) is 18.5. The van der Waals surface area contributed by atoms with Gasteiger partial charge >= 0.3 is 0 Å². The lowest BCUT2D eigenvalue weighted by atomic mass is 10.1. The Morgan fingerprint density at radius 2 is 1.54 bits per heavy atom. The zero-order valence-electron chi connectivity index (χ0n) is 22.5. The van der Waals surface area contributed by atoms with Crippen molar-refractivity contribution in [2.24, 2.45) is 0 Å². The number of phenols is 4. The number of aryl methyl sites for hydroxylation is 2. The zero-order chi connectivity index (χ0) is 28.7. The van der Waals surface area contributed by atoms with E-state index >= 15 is 0 Å². The number of hydrogen-bond acceptors (Lipinski definition) is 5. The third-order valence-corrected chi connectivity index (χ3v) is 9.74. The van der Waals surface area contributed by atoms with Crippen molar-refractivity contribution >= 4 is 38.5 Å². The van der Waals surface area contributed by atoms with Crippen molar-refractivity contribution in [3.8, 4) is 23.0 Å². The monoisotopic (exact) mass is 639 g/mol. The molecule has 0 bridgehead atoms. The summed E-state index contributed by atoms with van der Waals surface area (Å²) in [5, 5.41) is 39.7. The smallest absolute Gasteiger partial charge is 0.158 e. The van der Waals surface area contributed by atoms with Crippen LogP contribution in [0.3, 0.4) is 0 Å². The van der Waals surface area contributed by atoms with Gasteiger partial charge in [-0.2, -0.15) is 0 Å². The summed E-state index contributed by atoms with van der Waals surface area (Å²) in [4.78, 5) is 0.332. The summed E-state index contributed by atoms with van der Waals surface area (Å²) in [5.74, 6) is -1.28. The largest absolute Gasteiger partial charge is 0.504 e. The van der Waals surface area contributed by atoms with Crippen LogP contribution >= 0.6 is 27.5 Å². The molecule has 0 saturated heterocycles. The number of aromatic hydroxyl groups is 4. The number of benzene rings is 3. The fourth-order valence-corrected chi connectivity index (χ4v) is 6.95. The first-order valence-corrected chi connectivity index (χ1v) is 15.4. The Kier molecular flexibility index (Phi) is 11.1. The van der Waals surface area contributed by atoms with E-state index in [0.29, 0.717) is 17.0 Å². The van der Waals surface area contributed by atoms with Gasteiger partial charge in [-0.05, 0) is 73.3 Å². The number of rotatable bonds is 13. The van der Waals surface area contributed by atoms with Gasteiger partial charge in [0.1, 0.15) is 23.0 Å². The number of halogens is 2. The van der Waals surface area contributed by atoms with Gasteiger partial charge in [-0.1, -0.05) is 40.9 Å². The van der Waals surface area contributed by atoms with Crippen molar-refractivity contribution in [2.45, 2.75) is 51.6 Å². The Bertz CT molecular complexity index is 1300. The number of unbranched alkanes of at least 4 members (excludes halogenated alkanes) is 1. The Labute approximate surface area is 246 Å². The SMILES string of the molecule is CC[N+](CBr)(CCCCN(Cc1cc(O)c(O)cc1Cl)S(=O)c1ccc(O)c(O)c1)Cc1cc(C)cc(C)c1. The van der Waals surface area contributed by atoms with Crippen molar-refractivity contribution in [3.63, 3.8) is 0 Å². The maximum Gasteiger partial charge on any atom is 0.158 e. The number of quaternary nitrogens is 1. The first-order valence-electron chi connectivity index (χ1n) is 12.8. The average molecular weight is 641 g/mol. The molecule has 10 heteroatoms. The van der Waals surface area contributed by atoms with Crippen molar-refractivity contribution in [1.29, 1.82) is 0 Å². The number of nitrogens with zero attached hydrogens (tertiary/aromatic N) is 2. The molecule has 4 N–H and O–H groups in total. The van der Waals surface area contributed by atoms with E-state index in [1.54, 1.807) is 4.31 Å². The molecule has 39 heavy (non-hydrogen) atoms. The minimum Gasteiger partial charge on any atom is -0.504 e. The van der Waals surface area contributed by atoms with Crippen molar-refractivity contribution < 1.29 is 29.1 Å². The van der Waals surface area contributed by atoms with Gasteiger partial charge in [0.15, 0.2) is 23.0 Å². The van der Waals surface area contributed by atoms with Crippen LogP contribution in [0.1, 0.15) is 42.0 Å². The molecule has 0 aromatic heterocycles. The topological polar surface area (TPSA) is 101 Å². The molecule has 3 aromatic carbocycles. The second-order valence-electron chi connectivity index (χ2n) is 10.1. The first kappa shape index (κ1) is 31.2. The lowest BCUT2D eigenvalue weighted by molar-refractivity contribution is -0.926. The molecule has 0 aliphatic heterocycles. The van der Waals surface area contributed by atoms with Crippen LogP contribution in [0.2, 0.25) is 5.02 Å². The zero-order valence-corrected chi connectivity index (χ0v) is 25.7. The minimum atomic E-state index is -1.68. The Balaban J connectivity index is 1.76. The lowest BCUT2D eigenvalue weighted by Crippen LogP contribution is -2.46. The molecule has 0 aliphatic rings. The van der Waals surface area contributed by atoms with Gasteiger partial charge in [-0.15, -0.1) is 0 Å². The molecule has 2 atom stereocenters. The molecular weight excluding hydrogens is 604 g/mol. The highest BCUT2D eigenvalue weighted by molar-refractivity contribution is 9.09. The van der Waals surface area contributed by atoms with Crippen LogP contribution in [-0.4, -0.2) is 58.5 Å². The molecule has 212 valence electrons. The highest BCUT2D eigenvalue weighted by Gasteiger charge is 2.25. The summed E-state index contributed by atoms with van der Waals surface area (Å²) < 4.78 is 16.1. The Morgan fingerprint density at radius 1 is 0.897 bits per heavy atom. The third-order valence-electron chi connectivity index (χ3n) is 6.89. The van der Waals surface area contributed by atoms with E-state index in [0.717, 1.165) is 42.4 Å². The maximum absolute atomic E-state index is 13.6. The second kappa shape index (κ2) is 13.9. The molecule has 7 nitrogen and oxygen atoms in total. The van der Waals surface area contributed by atoms with E-state index in [-0.39, 0.29) is 34.6 Å². The molecule has 0 amide bonds. The quantitative estimate of drug-likeness (QED) is 0.0564. The number of hydrogen-bond donors (Lipinski definition) is 4. The number of alkyl halides is 1. The van der Waals surface area contributed by atoms with Crippen LogP contribution in [0.5, 0.6) is 23.0 Å². The molecule has 0 heterocycles. The van der Waals surface area contributed by atoms with Gasteiger partial charge in [0.25, 0.3) is 0 Å². The fourth-order valence-electron chi connectivity index (χ4n) is 4.71. The molecule has 2 unspecified atom stereocenters. The van der Waals surface area contributed by atoms with Crippen LogP contribution in [0, 0.1) is 13.8 Å². The van der Waals surface area contributed by atoms with Gasteiger partial charge in [0.05, 0.1) is 18.0 Å². The molecule has 0 spiro atoms. The van der Waals surface area contributed by atoms with E-state index in [1.165, 1.54) is 47.0 Å². The van der Waals surface area contributed by atoms with Gasteiger partial charge in [0.2, 0.25) is 0 Å². The van der Waals surface area contributed by atoms with Crippen LogP contribution in [0.4, 0.5) is 0 Å². The average Bonchev–Trinajstić information content (AvgIpc) is 2.88. The summed E-state index contributed by atoms with van der Waals surface area (Å²) in [6.07, 6.45) is 1.63. The van der Waals surface area contributed by atoms with Crippen LogP contribution < -0.4 is 0 Å². The van der Waals surface area contributed by atoms with Crippen LogP contribution in [0.25, 0.3) is 0 Å². The molecule has 0 fully saturated rings. The standard InChI is InChI=1S/C29H36BrClN2O5S/c1-4-33(19-30,18-22-12-20(2)11-21(3)13-22)10-6-5-9-32(17-23-14-27(35)29(37)16-25(23)31)39(38)24-7-8-26(34)28(36)15-24/h7-8,11-16H,4-6,9-10,17-19H2,1-3H3,(H3-,34,35,36,37)/p+1. The minimum absolute atomic E-state index is 0.149. The van der Waals surface area contributed by atoms with Crippen molar-refractivity contribution in [1.82, 2.24) is 4.31 Å². The van der Waals surface area contributed by atoms with Crippen molar-refractivity contribution in [2.75, 3.05) is 25.1 Å². The summed E-state index contributed by atoms with van der Waals surface area (Å²) in [7, 11) is -1.68. The van der Waals surface area contributed by atoms with E-state index in [4.69, 9.17) is 11.6 Å². The second-order valence-corrected chi connectivity index (χ2v) is 12.5. The predicted octanol–water partition coefficient (Wildman–Crippen LogP) is 6.47. The van der Waals surface area contributed by atoms with Gasteiger partial charge < -0.3 is 24.9 Å². The molecule has 0 aliphatic carbocycles. The molecule has 0 saturated carbocycles. The Hall–Kier alpha value is -2.30. The van der Waals surface area contributed by atoms with E-state index < -0.39 is 11.0 Å². The van der Waals surface area contributed by atoms with E-state index in [2.05, 4.69) is 54.9 Å². The highest BCUT2D eigenvalue weighted by atomic mass is 79.9. The normalized spacial score (nSPS) is 13.9. The van der Waals surface area contributed by atoms with Crippen molar-refractivity contribution in [3.05, 3.63) is 75.8 Å². The third kappa shape index (κ3) is 8.35. The lowest BCUT2D eigenvalue weighted by Gasteiger charge is -2.36. The Morgan fingerprint density at radius 3 is 2.15 bits per heavy atom. The fraction of sp³-hybridized carbons (Fsp3) is 0.379. The van der Waals surface area contributed by atoms with Gasteiger partial charge in [-0.3, -0.25) is 0 Å². The van der Waals surface area contributed by atoms with Crippen LogP contribution in [0.15, 0.2) is 53.4 Å². The van der Waals surface area contributed by atoms with Crippen LogP contribution in [-0.2, 0) is 24.1 Å². The summed E-state index contributed by atoms with van der Waals surface area (Å²) in [5.41, 5.74) is 5.15. The van der Waals surface area contributed by atoms with E-state index in [1.807, 2.05) is 0 Å². The van der Waals surface area contributed by atoms with E-state index in [9.17, 15) is 24.6 Å². The van der Waals surface area contributed by atoms with Gasteiger partial charge in [-0.25, -0.2) is 8.51 Å². The predicted molar refractivity (Wildman–Crippen MR) is 160 cm³/mol.